The van der Waals surface area contributed by atoms with Crippen molar-refractivity contribution in [3.63, 3.8) is 0 Å². The number of nitrogens with one attached hydrogen (secondary N) is 3. The van der Waals surface area contributed by atoms with Crippen molar-refractivity contribution in [2.24, 2.45) is 5.73 Å². The van der Waals surface area contributed by atoms with Gasteiger partial charge in [0.15, 0.2) is 5.69 Å². The Morgan fingerprint density at radius 2 is 2.00 bits per heavy atom. The number of carbonyl (C=O) groups excluding carboxylic acids is 1. The Morgan fingerprint density at radius 1 is 1.29 bits per heavy atom. The molecule has 0 fully saturated rings. The maximum absolute atomic E-state index is 12.4. The average Bonchev–Trinajstić information content (AvgIpc) is 3.03. The number of hydrogen-bond donors (Lipinski definition) is 4. The number of aromatic amines is 1. The van der Waals surface area contributed by atoms with Gasteiger partial charge in [-0.15, -0.1) is 0 Å². The van der Waals surface area contributed by atoms with Crippen LogP contribution < -0.4 is 16.4 Å². The van der Waals surface area contributed by atoms with Crippen LogP contribution in [0.15, 0.2) is 24.3 Å². The fourth-order valence-corrected chi connectivity index (χ4v) is 2.95. The van der Waals surface area contributed by atoms with Crippen molar-refractivity contribution >= 4 is 5.91 Å². The van der Waals surface area contributed by atoms with E-state index in [1.54, 1.807) is 0 Å². The largest absolute Gasteiger partial charge is 0.349 e. The lowest BCUT2D eigenvalue weighted by Crippen LogP contribution is -2.33. The summed E-state index contributed by atoms with van der Waals surface area (Å²) in [5, 5.41) is 13.3. The Labute approximate surface area is 142 Å². The number of fused-ring (bicyclic) bond motifs is 1. The molecule has 0 bridgehead atoms. The Morgan fingerprint density at radius 3 is 2.71 bits per heavy atom. The zero-order valence-corrected chi connectivity index (χ0v) is 14.2. The molecule has 128 valence electrons. The van der Waals surface area contributed by atoms with E-state index >= 15 is 0 Å². The lowest BCUT2D eigenvalue weighted by atomic mass is 9.99. The van der Waals surface area contributed by atoms with E-state index in [0.29, 0.717) is 24.7 Å². The quantitative estimate of drug-likeness (QED) is 0.671. The molecule has 2 heterocycles. The van der Waals surface area contributed by atoms with Crippen molar-refractivity contribution in [3.05, 3.63) is 52.3 Å². The molecule has 1 aliphatic heterocycles. The Bertz CT molecular complexity index is 705. The van der Waals surface area contributed by atoms with Crippen molar-refractivity contribution in [2.45, 2.75) is 38.8 Å². The molecule has 1 aromatic carbocycles. The Hall–Kier alpha value is -2.18. The predicted molar refractivity (Wildman–Crippen MR) is 93.8 cm³/mol. The topological polar surface area (TPSA) is 95.8 Å². The van der Waals surface area contributed by atoms with Crippen LogP contribution in [0.4, 0.5) is 0 Å². The molecule has 1 amide bonds. The molecule has 2 aromatic rings. The van der Waals surface area contributed by atoms with Crippen LogP contribution in [0.1, 0.15) is 58.7 Å². The first-order chi connectivity index (χ1) is 11.6. The van der Waals surface area contributed by atoms with Crippen LogP contribution >= 0.6 is 0 Å². The summed E-state index contributed by atoms with van der Waals surface area (Å²) in [6.45, 7) is 6.29. The number of amides is 1. The molecule has 6 nitrogen and oxygen atoms in total. The average molecular weight is 327 g/mol. The summed E-state index contributed by atoms with van der Waals surface area (Å²) in [5.74, 6) is 0.319. The first kappa shape index (κ1) is 16.7. The highest BCUT2D eigenvalue weighted by Crippen LogP contribution is 2.18. The minimum Gasteiger partial charge on any atom is -0.349 e. The fraction of sp³-hybridized carbons (Fsp3) is 0.444. The number of aromatic nitrogens is 2. The second kappa shape index (κ2) is 7.15. The molecule has 6 heteroatoms. The van der Waals surface area contributed by atoms with E-state index in [1.165, 1.54) is 5.56 Å². The van der Waals surface area contributed by atoms with Crippen LogP contribution in [0, 0.1) is 0 Å². The van der Waals surface area contributed by atoms with Crippen LogP contribution in [0.25, 0.3) is 0 Å². The van der Waals surface area contributed by atoms with Crippen molar-refractivity contribution in [1.82, 2.24) is 20.8 Å². The number of benzene rings is 1. The summed E-state index contributed by atoms with van der Waals surface area (Å²) in [7, 11) is 0. The fourth-order valence-electron chi connectivity index (χ4n) is 2.95. The van der Waals surface area contributed by atoms with Crippen LogP contribution in [0.5, 0.6) is 0 Å². The zero-order valence-electron chi connectivity index (χ0n) is 14.2. The lowest BCUT2D eigenvalue weighted by molar-refractivity contribution is 0.0945. The third-order valence-corrected chi connectivity index (χ3v) is 4.54. The van der Waals surface area contributed by atoms with Crippen LogP contribution in [-0.4, -0.2) is 29.2 Å². The van der Waals surface area contributed by atoms with Crippen molar-refractivity contribution in [3.8, 4) is 0 Å². The van der Waals surface area contributed by atoms with Gasteiger partial charge in [0.05, 0.1) is 0 Å². The van der Waals surface area contributed by atoms with E-state index in [2.05, 4.69) is 46.8 Å². The summed E-state index contributed by atoms with van der Waals surface area (Å²) in [5.41, 5.74) is 11.0. The molecule has 5 N–H and O–H groups in total. The molecular formula is C18H25N5O. The summed E-state index contributed by atoms with van der Waals surface area (Å²) in [6, 6.07) is 8.02. The minimum absolute atomic E-state index is 0.176. The highest BCUT2D eigenvalue weighted by Gasteiger charge is 2.21. The standard InChI is InChI=1S/C18H25N5O/c1-11(2)12-3-5-13(6-4-12)15(19)10-21-18(24)17-14-9-20-8-7-16(14)22-23-17/h3-6,11,15,20H,7-10,19H2,1-2H3,(H,21,24)(H,22,23). The van der Waals surface area contributed by atoms with E-state index < -0.39 is 0 Å². The molecule has 24 heavy (non-hydrogen) atoms. The van der Waals surface area contributed by atoms with Crippen LogP contribution in [0.2, 0.25) is 0 Å². The smallest absolute Gasteiger partial charge is 0.272 e. The van der Waals surface area contributed by atoms with Gasteiger partial charge < -0.3 is 16.4 Å². The van der Waals surface area contributed by atoms with Gasteiger partial charge in [0.2, 0.25) is 0 Å². The highest BCUT2D eigenvalue weighted by atomic mass is 16.1. The first-order valence-corrected chi connectivity index (χ1v) is 8.46. The van der Waals surface area contributed by atoms with Crippen LogP contribution in [-0.2, 0) is 13.0 Å². The number of carbonyl (C=O) groups is 1. The second-order valence-corrected chi connectivity index (χ2v) is 6.59. The van der Waals surface area contributed by atoms with Gasteiger partial charge in [-0.05, 0) is 17.0 Å². The summed E-state index contributed by atoms with van der Waals surface area (Å²) >= 11 is 0. The molecule has 0 aliphatic carbocycles. The molecule has 3 rings (SSSR count). The summed E-state index contributed by atoms with van der Waals surface area (Å²) in [4.78, 5) is 12.4. The summed E-state index contributed by atoms with van der Waals surface area (Å²) < 4.78 is 0. The van der Waals surface area contributed by atoms with Gasteiger partial charge >= 0.3 is 0 Å². The number of hydrogen-bond acceptors (Lipinski definition) is 4. The van der Waals surface area contributed by atoms with Gasteiger partial charge in [0.1, 0.15) is 0 Å². The lowest BCUT2D eigenvalue weighted by Gasteiger charge is -2.15. The number of nitrogens with two attached hydrogens (primary N) is 1. The Balaban J connectivity index is 1.60. The van der Waals surface area contributed by atoms with Crippen molar-refractivity contribution < 1.29 is 4.79 Å². The van der Waals surface area contributed by atoms with E-state index in [4.69, 9.17) is 5.73 Å². The number of H-pyrrole nitrogens is 1. The van der Waals surface area contributed by atoms with E-state index in [1.807, 2.05) is 12.1 Å². The van der Waals surface area contributed by atoms with Gasteiger partial charge in [0, 0.05) is 43.4 Å². The van der Waals surface area contributed by atoms with Crippen molar-refractivity contribution in [2.75, 3.05) is 13.1 Å². The molecule has 1 aromatic heterocycles. The number of rotatable bonds is 5. The van der Waals surface area contributed by atoms with E-state index in [-0.39, 0.29) is 11.9 Å². The molecule has 1 unspecified atom stereocenters. The van der Waals surface area contributed by atoms with E-state index in [9.17, 15) is 4.79 Å². The SMILES string of the molecule is CC(C)c1ccc(C(N)CNC(=O)c2n[nH]c3c2CNCC3)cc1. The normalized spacial score (nSPS) is 15.2. The van der Waals surface area contributed by atoms with Crippen molar-refractivity contribution in [1.29, 1.82) is 0 Å². The zero-order chi connectivity index (χ0) is 17.1. The highest BCUT2D eigenvalue weighted by molar-refractivity contribution is 5.94. The molecule has 0 spiro atoms. The third-order valence-electron chi connectivity index (χ3n) is 4.54. The second-order valence-electron chi connectivity index (χ2n) is 6.59. The molecule has 0 radical (unpaired) electrons. The van der Waals surface area contributed by atoms with Gasteiger partial charge in [-0.3, -0.25) is 9.89 Å². The molecule has 1 atom stereocenters. The third kappa shape index (κ3) is 3.49. The van der Waals surface area contributed by atoms with Gasteiger partial charge in [-0.25, -0.2) is 0 Å². The number of nitrogens with zero attached hydrogens (tertiary/aromatic N) is 1. The van der Waals surface area contributed by atoms with E-state index in [0.717, 1.165) is 29.8 Å². The predicted octanol–water partition coefficient (Wildman–Crippen LogP) is 1.61. The maximum Gasteiger partial charge on any atom is 0.272 e. The minimum atomic E-state index is -0.233. The monoisotopic (exact) mass is 327 g/mol. The maximum atomic E-state index is 12.4. The van der Waals surface area contributed by atoms with Gasteiger partial charge in [-0.1, -0.05) is 38.1 Å². The van der Waals surface area contributed by atoms with Gasteiger partial charge in [0.25, 0.3) is 5.91 Å². The molecular weight excluding hydrogens is 302 g/mol. The van der Waals surface area contributed by atoms with Gasteiger partial charge in [-0.2, -0.15) is 5.10 Å². The first-order valence-electron chi connectivity index (χ1n) is 8.46. The Kier molecular flexibility index (Phi) is 4.97. The molecule has 0 saturated carbocycles. The molecule has 1 aliphatic rings. The summed E-state index contributed by atoms with van der Waals surface area (Å²) in [6.07, 6.45) is 0.872. The molecule has 0 saturated heterocycles. The van der Waals surface area contributed by atoms with Crippen LogP contribution in [0.3, 0.4) is 0 Å².